The van der Waals surface area contributed by atoms with Crippen LogP contribution in [0.3, 0.4) is 0 Å². The minimum absolute atomic E-state index is 0.0220. The van der Waals surface area contributed by atoms with Gasteiger partial charge in [0.05, 0.1) is 24.8 Å². The Balaban J connectivity index is 1.38. The first-order valence-electron chi connectivity index (χ1n) is 12.5. The number of hydrogen-bond donors (Lipinski definition) is 1. The second-order valence-corrected chi connectivity index (χ2v) is 11.7. The van der Waals surface area contributed by atoms with Gasteiger partial charge in [-0.15, -0.1) is 0 Å². The molecule has 0 aromatic heterocycles. The molecular weight excluding hydrogens is 504 g/mol. The first kappa shape index (κ1) is 27.2. The molecule has 5 nitrogen and oxygen atoms in total. The second-order valence-electron chi connectivity index (χ2n) is 10.8. The Kier molecular flexibility index (Phi) is 8.50. The molecule has 2 aromatic rings. The third-order valence-corrected chi connectivity index (χ3v) is 7.19. The van der Waals surface area contributed by atoms with Gasteiger partial charge in [0.1, 0.15) is 17.2 Å². The van der Waals surface area contributed by atoms with Gasteiger partial charge in [0.15, 0.2) is 0 Å². The summed E-state index contributed by atoms with van der Waals surface area (Å²) in [5.41, 5.74) is 0.665. The van der Waals surface area contributed by atoms with E-state index in [4.69, 9.17) is 32.7 Å². The molecule has 36 heavy (non-hydrogen) atoms. The topological polar surface area (TPSA) is 59.0 Å². The molecule has 0 amide bonds. The van der Waals surface area contributed by atoms with Crippen molar-refractivity contribution >= 4 is 29.2 Å². The molecule has 2 fully saturated rings. The highest BCUT2D eigenvalue weighted by Gasteiger charge is 2.34. The van der Waals surface area contributed by atoms with Gasteiger partial charge in [-0.25, -0.2) is 9.18 Å². The summed E-state index contributed by atoms with van der Waals surface area (Å²) in [5, 5.41) is 11.2. The van der Waals surface area contributed by atoms with Gasteiger partial charge in [0.25, 0.3) is 0 Å². The van der Waals surface area contributed by atoms with Crippen LogP contribution in [-0.2, 0) is 4.74 Å². The second kappa shape index (κ2) is 11.3. The molecule has 1 atom stereocenters. The lowest BCUT2D eigenvalue weighted by Crippen LogP contribution is -2.39. The Morgan fingerprint density at radius 1 is 1.11 bits per heavy atom. The van der Waals surface area contributed by atoms with E-state index >= 15 is 4.39 Å². The minimum atomic E-state index is -0.693. The van der Waals surface area contributed by atoms with Crippen LogP contribution in [0.1, 0.15) is 79.9 Å². The quantitative estimate of drug-likeness (QED) is 0.375. The highest BCUT2D eigenvalue weighted by molar-refractivity contribution is 6.34. The Morgan fingerprint density at radius 2 is 1.75 bits per heavy atom. The molecule has 0 spiro atoms. The fourth-order valence-corrected chi connectivity index (χ4v) is 5.33. The van der Waals surface area contributed by atoms with Crippen molar-refractivity contribution in [1.29, 1.82) is 0 Å². The number of rotatable bonds is 8. The van der Waals surface area contributed by atoms with Crippen LogP contribution in [-0.4, -0.2) is 47.9 Å². The fourth-order valence-electron chi connectivity index (χ4n) is 4.78. The van der Waals surface area contributed by atoms with Crippen molar-refractivity contribution in [2.45, 2.75) is 64.0 Å². The number of carbonyl (C=O) groups is 1. The predicted octanol–water partition coefficient (Wildman–Crippen LogP) is 6.79. The lowest BCUT2D eigenvalue weighted by Gasteiger charge is -2.37. The molecular formula is C28H34Cl2FNO4. The maximum absolute atomic E-state index is 15.4. The molecule has 1 unspecified atom stereocenters. The van der Waals surface area contributed by atoms with Gasteiger partial charge in [0, 0.05) is 15.6 Å². The predicted molar refractivity (Wildman–Crippen MR) is 140 cm³/mol. The van der Waals surface area contributed by atoms with Crippen molar-refractivity contribution < 1.29 is 23.8 Å². The number of aliphatic hydroxyl groups is 1. The number of carbonyl (C=O) groups excluding carboxylic acids is 1. The van der Waals surface area contributed by atoms with E-state index in [1.807, 2.05) is 12.1 Å². The van der Waals surface area contributed by atoms with Crippen LogP contribution in [0.2, 0.25) is 10.0 Å². The molecule has 4 rings (SSSR count). The van der Waals surface area contributed by atoms with E-state index in [-0.39, 0.29) is 24.1 Å². The Bertz CT molecular complexity index is 1070. The first-order valence-corrected chi connectivity index (χ1v) is 13.3. The summed E-state index contributed by atoms with van der Waals surface area (Å²) in [6, 6.07) is 8.38. The van der Waals surface area contributed by atoms with E-state index in [1.54, 1.807) is 32.9 Å². The number of nitrogens with zero attached hydrogens (tertiary/aromatic N) is 1. The van der Waals surface area contributed by atoms with Crippen LogP contribution in [0, 0.1) is 11.7 Å². The summed E-state index contributed by atoms with van der Waals surface area (Å²) in [6.45, 7) is 7.34. The summed E-state index contributed by atoms with van der Waals surface area (Å²) in [5.74, 6) is -0.264. The lowest BCUT2D eigenvalue weighted by molar-refractivity contribution is 0.00643. The highest BCUT2D eigenvalue weighted by Crippen LogP contribution is 2.46. The normalized spacial score (nSPS) is 18.2. The van der Waals surface area contributed by atoms with E-state index in [2.05, 4.69) is 4.90 Å². The minimum Gasteiger partial charge on any atom is -0.493 e. The number of aliphatic hydroxyl groups excluding tert-OH is 1. The number of halogens is 3. The molecule has 1 saturated carbocycles. The zero-order chi connectivity index (χ0) is 26.0. The van der Waals surface area contributed by atoms with Gasteiger partial charge in [-0.1, -0.05) is 23.2 Å². The number of hydrogen-bond acceptors (Lipinski definition) is 5. The molecule has 1 aliphatic heterocycles. The summed E-state index contributed by atoms with van der Waals surface area (Å²) >= 11 is 12.3. The van der Waals surface area contributed by atoms with Crippen LogP contribution in [0.4, 0.5) is 4.39 Å². The summed E-state index contributed by atoms with van der Waals surface area (Å²) in [4.78, 5) is 14.7. The van der Waals surface area contributed by atoms with Crippen LogP contribution in [0.5, 0.6) is 5.75 Å². The van der Waals surface area contributed by atoms with E-state index in [0.717, 1.165) is 44.3 Å². The van der Waals surface area contributed by atoms with Crippen LogP contribution < -0.4 is 4.74 Å². The maximum Gasteiger partial charge on any atom is 0.341 e. The molecule has 8 heteroatoms. The van der Waals surface area contributed by atoms with Gasteiger partial charge >= 0.3 is 5.97 Å². The van der Waals surface area contributed by atoms with Gasteiger partial charge < -0.3 is 14.6 Å². The Labute approximate surface area is 222 Å². The molecule has 1 saturated heterocycles. The standard InChI is InChI=1S/C28H34Cl2FNO4/c1-28(2,3)36-27(34)22-6-7-24(25(26(22)31)18-4-5-18)35-16-17-8-10-32(11-9-17)23(15-33)19-12-20(29)14-21(30)13-19/h6-7,12-14,17-18,23,33H,4-5,8-11,15-16H2,1-3H3. The van der Waals surface area contributed by atoms with E-state index in [1.165, 1.54) is 6.07 Å². The maximum atomic E-state index is 15.4. The van der Waals surface area contributed by atoms with Gasteiger partial charge in [-0.2, -0.15) is 0 Å². The number of esters is 1. The zero-order valence-electron chi connectivity index (χ0n) is 21.0. The van der Waals surface area contributed by atoms with Crippen molar-refractivity contribution in [3.05, 3.63) is 62.9 Å². The fraction of sp³-hybridized carbons (Fsp3) is 0.536. The van der Waals surface area contributed by atoms with Gasteiger partial charge in [0.2, 0.25) is 0 Å². The van der Waals surface area contributed by atoms with Gasteiger partial charge in [-0.3, -0.25) is 4.90 Å². The van der Waals surface area contributed by atoms with Crippen LogP contribution >= 0.6 is 23.2 Å². The van der Waals surface area contributed by atoms with Crippen LogP contribution in [0.15, 0.2) is 30.3 Å². The summed E-state index contributed by atoms with van der Waals surface area (Å²) in [6.07, 6.45) is 3.56. The molecule has 2 aromatic carbocycles. The number of piperidine rings is 1. The highest BCUT2D eigenvalue weighted by atomic mass is 35.5. The SMILES string of the molecule is CC(C)(C)OC(=O)c1ccc(OCC2CCN(C(CO)c3cc(Cl)cc(Cl)c3)CC2)c(C2CC2)c1F. The largest absolute Gasteiger partial charge is 0.493 e. The molecule has 0 radical (unpaired) electrons. The van der Waals surface area contributed by atoms with E-state index in [9.17, 15) is 9.90 Å². The third-order valence-electron chi connectivity index (χ3n) is 6.75. The third kappa shape index (κ3) is 6.71. The average molecular weight is 538 g/mol. The lowest BCUT2D eigenvalue weighted by atomic mass is 9.95. The van der Waals surface area contributed by atoms with Crippen molar-refractivity contribution in [3.63, 3.8) is 0 Å². The zero-order valence-corrected chi connectivity index (χ0v) is 22.5. The Morgan fingerprint density at radius 3 is 2.31 bits per heavy atom. The molecule has 0 bridgehead atoms. The molecule has 196 valence electrons. The molecule has 2 aliphatic rings. The average Bonchev–Trinajstić information content (AvgIpc) is 3.62. The molecule has 1 aliphatic carbocycles. The summed E-state index contributed by atoms with van der Waals surface area (Å²) < 4.78 is 26.9. The smallest absolute Gasteiger partial charge is 0.341 e. The number of benzene rings is 2. The van der Waals surface area contributed by atoms with E-state index in [0.29, 0.717) is 33.9 Å². The van der Waals surface area contributed by atoms with Crippen molar-refractivity contribution in [1.82, 2.24) is 4.90 Å². The summed E-state index contributed by atoms with van der Waals surface area (Å²) in [7, 11) is 0. The van der Waals surface area contributed by atoms with Gasteiger partial charge in [-0.05, 0) is 107 Å². The van der Waals surface area contributed by atoms with Crippen molar-refractivity contribution in [3.8, 4) is 5.75 Å². The Hall–Kier alpha value is -1.86. The number of likely N-dealkylation sites (tertiary alicyclic amines) is 1. The molecule has 1 N–H and O–H groups in total. The van der Waals surface area contributed by atoms with Crippen molar-refractivity contribution in [2.75, 3.05) is 26.3 Å². The van der Waals surface area contributed by atoms with E-state index < -0.39 is 17.4 Å². The molecule has 1 heterocycles. The monoisotopic (exact) mass is 537 g/mol. The van der Waals surface area contributed by atoms with Crippen LogP contribution in [0.25, 0.3) is 0 Å². The van der Waals surface area contributed by atoms with Crippen molar-refractivity contribution in [2.24, 2.45) is 5.92 Å². The first-order chi connectivity index (χ1) is 17.1. The number of ether oxygens (including phenoxy) is 2.